The standard InChI is InChI=1S/C14H15ClN2O3/c1-3-4-10-12(18)16-14(20)17(13(10)19)9-6-5-8(2)11(15)7-9/h5-7,10H,3-4H2,1-2H3,(H,16,18,20). The number of rotatable bonds is 3. The molecule has 0 aliphatic carbocycles. The van der Waals surface area contributed by atoms with E-state index in [1.165, 1.54) is 0 Å². The van der Waals surface area contributed by atoms with Gasteiger partial charge in [-0.1, -0.05) is 31.0 Å². The molecule has 1 N–H and O–H groups in total. The van der Waals surface area contributed by atoms with Crippen molar-refractivity contribution < 1.29 is 14.4 Å². The van der Waals surface area contributed by atoms with Crippen LogP contribution in [0.4, 0.5) is 10.5 Å². The maximum Gasteiger partial charge on any atom is 0.335 e. The van der Waals surface area contributed by atoms with E-state index in [1.807, 2.05) is 13.8 Å². The van der Waals surface area contributed by atoms with Crippen LogP contribution in [0, 0.1) is 12.8 Å². The number of amides is 4. The number of anilines is 1. The van der Waals surface area contributed by atoms with Gasteiger partial charge in [-0.05, 0) is 31.0 Å². The Balaban J connectivity index is 2.38. The first-order chi connectivity index (χ1) is 9.45. The zero-order chi connectivity index (χ0) is 14.9. The Hall–Kier alpha value is -1.88. The van der Waals surface area contributed by atoms with Gasteiger partial charge in [0.1, 0.15) is 5.92 Å². The fourth-order valence-corrected chi connectivity index (χ4v) is 2.30. The van der Waals surface area contributed by atoms with Crippen LogP contribution in [0.1, 0.15) is 25.3 Å². The Morgan fingerprint density at radius 1 is 1.30 bits per heavy atom. The van der Waals surface area contributed by atoms with E-state index in [0.717, 1.165) is 10.5 Å². The Labute approximate surface area is 121 Å². The molecule has 1 saturated heterocycles. The molecule has 0 aromatic heterocycles. The minimum absolute atomic E-state index is 0.372. The van der Waals surface area contributed by atoms with Crippen molar-refractivity contribution in [3.63, 3.8) is 0 Å². The first-order valence-corrected chi connectivity index (χ1v) is 6.78. The lowest BCUT2D eigenvalue weighted by Crippen LogP contribution is -2.58. The number of nitrogens with zero attached hydrogens (tertiary/aromatic N) is 1. The second-order valence-electron chi connectivity index (χ2n) is 4.74. The van der Waals surface area contributed by atoms with Crippen LogP contribution < -0.4 is 10.2 Å². The van der Waals surface area contributed by atoms with E-state index in [2.05, 4.69) is 5.32 Å². The van der Waals surface area contributed by atoms with Gasteiger partial charge in [-0.2, -0.15) is 0 Å². The summed E-state index contributed by atoms with van der Waals surface area (Å²) in [5.74, 6) is -1.85. The molecular weight excluding hydrogens is 280 g/mol. The van der Waals surface area contributed by atoms with Gasteiger partial charge in [-0.3, -0.25) is 14.9 Å². The van der Waals surface area contributed by atoms with Crippen molar-refractivity contribution in [2.24, 2.45) is 5.92 Å². The molecule has 5 nitrogen and oxygen atoms in total. The maximum absolute atomic E-state index is 12.3. The third-order valence-corrected chi connectivity index (χ3v) is 3.67. The number of imide groups is 2. The van der Waals surface area contributed by atoms with Gasteiger partial charge in [0, 0.05) is 5.02 Å². The van der Waals surface area contributed by atoms with E-state index in [-0.39, 0.29) is 0 Å². The molecule has 6 heteroatoms. The summed E-state index contributed by atoms with van der Waals surface area (Å²) in [6, 6.07) is 4.18. The van der Waals surface area contributed by atoms with E-state index in [0.29, 0.717) is 23.6 Å². The minimum Gasteiger partial charge on any atom is -0.277 e. The normalized spacial score (nSPS) is 19.2. The summed E-state index contributed by atoms with van der Waals surface area (Å²) in [6.45, 7) is 3.71. The summed E-state index contributed by atoms with van der Waals surface area (Å²) in [5.41, 5.74) is 1.22. The highest BCUT2D eigenvalue weighted by Crippen LogP contribution is 2.27. The molecule has 4 amide bonds. The van der Waals surface area contributed by atoms with Gasteiger partial charge in [-0.25, -0.2) is 9.69 Å². The van der Waals surface area contributed by atoms with Crippen LogP contribution in [-0.4, -0.2) is 17.8 Å². The fourth-order valence-electron chi connectivity index (χ4n) is 2.13. The average molecular weight is 295 g/mol. The summed E-state index contributed by atoms with van der Waals surface area (Å²) in [4.78, 5) is 36.9. The van der Waals surface area contributed by atoms with Crippen molar-refractivity contribution in [2.75, 3.05) is 4.90 Å². The molecular formula is C14H15ClN2O3. The van der Waals surface area contributed by atoms with Crippen LogP contribution in [0.5, 0.6) is 0 Å². The van der Waals surface area contributed by atoms with Crippen molar-refractivity contribution in [3.05, 3.63) is 28.8 Å². The predicted octanol–water partition coefficient (Wildman–Crippen LogP) is 2.65. The number of halogens is 1. The Bertz CT molecular complexity index is 586. The molecule has 1 aliphatic heterocycles. The maximum atomic E-state index is 12.3. The molecule has 2 rings (SSSR count). The highest BCUT2D eigenvalue weighted by atomic mass is 35.5. The molecule has 0 saturated carbocycles. The molecule has 20 heavy (non-hydrogen) atoms. The highest BCUT2D eigenvalue weighted by Gasteiger charge is 2.40. The van der Waals surface area contributed by atoms with Crippen LogP contribution >= 0.6 is 11.6 Å². The molecule has 1 aliphatic rings. The number of hydrogen-bond acceptors (Lipinski definition) is 3. The lowest BCUT2D eigenvalue weighted by Gasteiger charge is -2.30. The number of barbiturate groups is 1. The molecule has 0 radical (unpaired) electrons. The quantitative estimate of drug-likeness (QED) is 0.872. The summed E-state index contributed by atoms with van der Waals surface area (Å²) >= 11 is 6.02. The van der Waals surface area contributed by atoms with E-state index in [9.17, 15) is 14.4 Å². The van der Waals surface area contributed by atoms with Gasteiger partial charge in [-0.15, -0.1) is 0 Å². The van der Waals surface area contributed by atoms with Crippen molar-refractivity contribution in [1.82, 2.24) is 5.32 Å². The number of aryl methyl sites for hydroxylation is 1. The van der Waals surface area contributed by atoms with Crippen molar-refractivity contribution in [2.45, 2.75) is 26.7 Å². The zero-order valence-corrected chi connectivity index (χ0v) is 12.0. The number of urea groups is 1. The van der Waals surface area contributed by atoms with Crippen molar-refractivity contribution in [1.29, 1.82) is 0 Å². The molecule has 1 heterocycles. The van der Waals surface area contributed by atoms with E-state index >= 15 is 0 Å². The Kier molecular flexibility index (Phi) is 4.09. The van der Waals surface area contributed by atoms with Crippen LogP contribution in [-0.2, 0) is 9.59 Å². The van der Waals surface area contributed by atoms with Crippen LogP contribution in [0.2, 0.25) is 5.02 Å². The van der Waals surface area contributed by atoms with E-state index in [4.69, 9.17) is 11.6 Å². The zero-order valence-electron chi connectivity index (χ0n) is 11.3. The second kappa shape index (κ2) is 5.63. The van der Waals surface area contributed by atoms with Gasteiger partial charge in [0.15, 0.2) is 0 Å². The monoisotopic (exact) mass is 294 g/mol. The van der Waals surface area contributed by atoms with Crippen molar-refractivity contribution in [3.8, 4) is 0 Å². The number of benzene rings is 1. The summed E-state index contributed by atoms with van der Waals surface area (Å²) in [6.07, 6.45) is 1.09. The SMILES string of the molecule is CCCC1C(=O)NC(=O)N(c2ccc(C)c(Cl)c2)C1=O. The second-order valence-corrected chi connectivity index (χ2v) is 5.15. The van der Waals surface area contributed by atoms with Gasteiger partial charge in [0.25, 0.3) is 0 Å². The average Bonchev–Trinajstić information content (AvgIpc) is 2.38. The molecule has 1 aromatic carbocycles. The van der Waals surface area contributed by atoms with Gasteiger partial charge < -0.3 is 0 Å². The predicted molar refractivity (Wildman–Crippen MR) is 75.6 cm³/mol. The minimum atomic E-state index is -0.822. The van der Waals surface area contributed by atoms with Gasteiger partial charge in [0.2, 0.25) is 11.8 Å². The number of carbonyl (C=O) groups is 3. The third-order valence-electron chi connectivity index (χ3n) is 3.26. The Morgan fingerprint density at radius 3 is 2.60 bits per heavy atom. The summed E-state index contributed by atoms with van der Waals surface area (Å²) in [7, 11) is 0. The fraction of sp³-hybridized carbons (Fsp3) is 0.357. The molecule has 0 spiro atoms. The largest absolute Gasteiger partial charge is 0.335 e. The smallest absolute Gasteiger partial charge is 0.277 e. The summed E-state index contributed by atoms with van der Waals surface area (Å²) < 4.78 is 0. The number of carbonyl (C=O) groups excluding carboxylic acids is 3. The van der Waals surface area contributed by atoms with Crippen molar-refractivity contribution >= 4 is 35.1 Å². The lowest BCUT2D eigenvalue weighted by atomic mass is 9.99. The van der Waals surface area contributed by atoms with E-state index in [1.54, 1.807) is 18.2 Å². The van der Waals surface area contributed by atoms with E-state index < -0.39 is 23.8 Å². The third kappa shape index (κ3) is 2.54. The molecule has 1 atom stereocenters. The Morgan fingerprint density at radius 2 is 2.00 bits per heavy atom. The van der Waals surface area contributed by atoms with Crippen LogP contribution in [0.15, 0.2) is 18.2 Å². The molecule has 0 bridgehead atoms. The lowest BCUT2D eigenvalue weighted by molar-refractivity contribution is -0.134. The molecule has 1 fully saturated rings. The molecule has 106 valence electrons. The number of hydrogen-bond donors (Lipinski definition) is 1. The topological polar surface area (TPSA) is 66.5 Å². The number of nitrogens with one attached hydrogen (secondary N) is 1. The van der Waals surface area contributed by atoms with Crippen LogP contribution in [0.3, 0.4) is 0 Å². The first-order valence-electron chi connectivity index (χ1n) is 6.40. The highest BCUT2D eigenvalue weighted by molar-refractivity contribution is 6.32. The summed E-state index contributed by atoms with van der Waals surface area (Å²) in [5, 5.41) is 2.68. The van der Waals surface area contributed by atoms with Crippen LogP contribution in [0.25, 0.3) is 0 Å². The molecule has 1 aromatic rings. The first kappa shape index (κ1) is 14.5. The van der Waals surface area contributed by atoms with Gasteiger partial charge in [0.05, 0.1) is 5.69 Å². The molecule has 1 unspecified atom stereocenters. The van der Waals surface area contributed by atoms with Gasteiger partial charge >= 0.3 is 6.03 Å².